The minimum Gasteiger partial charge on any atom is -0.309 e. The molecule has 148 valence electrons. The largest absolute Gasteiger partial charge is 0.309 e. The Labute approximate surface area is 164 Å². The molecule has 1 fully saturated rings. The molecule has 0 spiro atoms. The number of benzene rings is 1. The Hall–Kier alpha value is -2.61. The molecule has 1 aliphatic carbocycles. The molecule has 0 unspecified atom stereocenters. The number of hydrogen-bond acceptors (Lipinski definition) is 6. The minimum atomic E-state index is -3.29. The summed E-state index contributed by atoms with van der Waals surface area (Å²) in [6, 6.07) is 6.49. The van der Waals surface area contributed by atoms with Gasteiger partial charge in [0.05, 0.1) is 23.2 Å². The van der Waals surface area contributed by atoms with Gasteiger partial charge in [0.1, 0.15) is 5.69 Å². The standard InChI is InChI=1S/C20H23N3O4S/c1-28(26,27)17-8-6-15(7-9-17)18(10-14-4-2-3-5-14)20(25)23-19-12-21-16(13-24)11-22-19/h6-9,11-14,18H,2-5,10H2,1H3,(H,22,23,25)/t18-/m1/s1. The maximum atomic E-state index is 13.0. The van der Waals surface area contributed by atoms with Crippen molar-refractivity contribution in [1.29, 1.82) is 0 Å². The van der Waals surface area contributed by atoms with Gasteiger partial charge in [0.15, 0.2) is 21.9 Å². The van der Waals surface area contributed by atoms with E-state index in [2.05, 4.69) is 15.3 Å². The van der Waals surface area contributed by atoms with Crippen LogP contribution in [0.4, 0.5) is 5.82 Å². The lowest BCUT2D eigenvalue weighted by molar-refractivity contribution is -0.118. The fourth-order valence-electron chi connectivity index (χ4n) is 3.60. The van der Waals surface area contributed by atoms with Gasteiger partial charge >= 0.3 is 0 Å². The van der Waals surface area contributed by atoms with E-state index in [-0.39, 0.29) is 22.3 Å². The number of carbonyl (C=O) groups is 2. The van der Waals surface area contributed by atoms with Gasteiger partial charge in [-0.25, -0.2) is 18.4 Å². The number of aromatic nitrogens is 2. The minimum absolute atomic E-state index is 0.192. The molecule has 1 N–H and O–H groups in total. The quantitative estimate of drug-likeness (QED) is 0.715. The summed E-state index contributed by atoms with van der Waals surface area (Å²) in [5.74, 6) is 0.116. The first kappa shape index (κ1) is 20.1. The van der Waals surface area contributed by atoms with Crippen LogP contribution in [0, 0.1) is 5.92 Å². The fraction of sp³-hybridized carbons (Fsp3) is 0.400. The lowest BCUT2D eigenvalue weighted by atomic mass is 9.87. The highest BCUT2D eigenvalue weighted by Crippen LogP contribution is 2.35. The highest BCUT2D eigenvalue weighted by Gasteiger charge is 2.27. The number of hydrogen-bond donors (Lipinski definition) is 1. The van der Waals surface area contributed by atoms with Crippen LogP contribution in [0.5, 0.6) is 0 Å². The van der Waals surface area contributed by atoms with E-state index in [1.165, 1.54) is 37.4 Å². The van der Waals surface area contributed by atoms with E-state index >= 15 is 0 Å². The van der Waals surface area contributed by atoms with Crippen molar-refractivity contribution < 1.29 is 18.0 Å². The smallest absolute Gasteiger partial charge is 0.233 e. The zero-order valence-electron chi connectivity index (χ0n) is 15.7. The number of anilines is 1. The summed E-state index contributed by atoms with van der Waals surface area (Å²) in [5.41, 5.74) is 0.964. The van der Waals surface area contributed by atoms with E-state index in [1.54, 1.807) is 12.1 Å². The second-order valence-corrected chi connectivity index (χ2v) is 9.23. The molecule has 1 atom stereocenters. The van der Waals surface area contributed by atoms with Gasteiger partial charge < -0.3 is 5.32 Å². The van der Waals surface area contributed by atoms with Crippen LogP contribution in [0.15, 0.2) is 41.6 Å². The molecule has 1 amide bonds. The lowest BCUT2D eigenvalue weighted by Gasteiger charge is -2.20. The molecule has 0 aliphatic heterocycles. The summed E-state index contributed by atoms with van der Waals surface area (Å²) in [5, 5.41) is 2.76. The molecule has 1 heterocycles. The van der Waals surface area contributed by atoms with E-state index in [0.29, 0.717) is 18.6 Å². The monoisotopic (exact) mass is 401 g/mol. The normalized spacial score (nSPS) is 15.9. The van der Waals surface area contributed by atoms with Crippen molar-refractivity contribution in [2.45, 2.75) is 42.9 Å². The SMILES string of the molecule is CS(=O)(=O)c1ccc([C@@H](CC2CCCC2)C(=O)Nc2cnc(C=O)cn2)cc1. The zero-order chi connectivity index (χ0) is 20.1. The molecule has 1 aromatic carbocycles. The van der Waals surface area contributed by atoms with Crippen molar-refractivity contribution >= 4 is 27.8 Å². The molecule has 0 radical (unpaired) electrons. The molecule has 1 saturated carbocycles. The van der Waals surface area contributed by atoms with Crippen LogP contribution in [0.3, 0.4) is 0 Å². The second kappa shape index (κ2) is 8.60. The number of amides is 1. The first-order valence-corrected chi connectivity index (χ1v) is 11.1. The third kappa shape index (κ3) is 5.01. The molecule has 0 saturated heterocycles. The van der Waals surface area contributed by atoms with Crippen LogP contribution in [-0.2, 0) is 14.6 Å². The highest BCUT2D eigenvalue weighted by molar-refractivity contribution is 7.90. The van der Waals surface area contributed by atoms with Crippen molar-refractivity contribution in [2.75, 3.05) is 11.6 Å². The van der Waals surface area contributed by atoms with Gasteiger partial charge in [-0.2, -0.15) is 0 Å². The Morgan fingerprint density at radius 2 is 1.86 bits per heavy atom. The molecule has 1 aliphatic rings. The molecular formula is C20H23N3O4S. The van der Waals surface area contributed by atoms with E-state index in [1.807, 2.05) is 0 Å². The second-order valence-electron chi connectivity index (χ2n) is 7.21. The predicted octanol–water partition coefficient (Wildman–Crippen LogP) is 3.00. The van der Waals surface area contributed by atoms with Crippen LogP contribution in [0.25, 0.3) is 0 Å². The first-order valence-electron chi connectivity index (χ1n) is 9.25. The number of nitrogens with zero attached hydrogens (tertiary/aromatic N) is 2. The van der Waals surface area contributed by atoms with E-state index in [9.17, 15) is 18.0 Å². The molecule has 8 heteroatoms. The maximum absolute atomic E-state index is 13.0. The van der Waals surface area contributed by atoms with Gasteiger partial charge in [-0.1, -0.05) is 37.8 Å². The first-order chi connectivity index (χ1) is 13.4. The van der Waals surface area contributed by atoms with E-state index in [4.69, 9.17) is 0 Å². The summed E-state index contributed by atoms with van der Waals surface area (Å²) in [4.78, 5) is 31.8. The van der Waals surface area contributed by atoms with E-state index < -0.39 is 15.8 Å². The molecule has 2 aromatic rings. The van der Waals surface area contributed by atoms with Crippen LogP contribution >= 0.6 is 0 Å². The molecular weight excluding hydrogens is 378 g/mol. The van der Waals surface area contributed by atoms with Crippen LogP contribution in [0.1, 0.15) is 54.1 Å². The summed E-state index contributed by atoms with van der Waals surface area (Å²) in [6.45, 7) is 0. The van der Waals surface area contributed by atoms with Gasteiger partial charge in [0, 0.05) is 6.26 Å². The fourth-order valence-corrected chi connectivity index (χ4v) is 4.23. The predicted molar refractivity (Wildman–Crippen MR) is 105 cm³/mol. The topological polar surface area (TPSA) is 106 Å². The summed E-state index contributed by atoms with van der Waals surface area (Å²) in [7, 11) is -3.29. The number of sulfone groups is 1. The van der Waals surface area contributed by atoms with Crippen molar-refractivity contribution in [3.8, 4) is 0 Å². The van der Waals surface area contributed by atoms with Gasteiger partial charge in [0.2, 0.25) is 5.91 Å². The van der Waals surface area contributed by atoms with Crippen LogP contribution < -0.4 is 5.32 Å². The van der Waals surface area contributed by atoms with Crippen LogP contribution in [0.2, 0.25) is 0 Å². The molecule has 28 heavy (non-hydrogen) atoms. The number of nitrogens with one attached hydrogen (secondary N) is 1. The van der Waals surface area contributed by atoms with Crippen molar-refractivity contribution in [2.24, 2.45) is 5.92 Å². The van der Waals surface area contributed by atoms with E-state index in [0.717, 1.165) is 24.7 Å². The third-order valence-electron chi connectivity index (χ3n) is 5.11. The van der Waals surface area contributed by atoms with Gasteiger partial charge in [-0.05, 0) is 30.0 Å². The maximum Gasteiger partial charge on any atom is 0.233 e. The van der Waals surface area contributed by atoms with Crippen molar-refractivity contribution in [3.63, 3.8) is 0 Å². The van der Waals surface area contributed by atoms with Crippen molar-refractivity contribution in [3.05, 3.63) is 47.9 Å². The summed E-state index contributed by atoms with van der Waals surface area (Å²) < 4.78 is 23.4. The Kier molecular flexibility index (Phi) is 6.18. The average molecular weight is 401 g/mol. The Morgan fingerprint density at radius 3 is 2.39 bits per heavy atom. The van der Waals surface area contributed by atoms with Gasteiger partial charge in [0.25, 0.3) is 0 Å². The number of carbonyl (C=O) groups excluding carboxylic acids is 2. The number of aldehydes is 1. The van der Waals surface area contributed by atoms with Gasteiger partial charge in [-0.15, -0.1) is 0 Å². The van der Waals surface area contributed by atoms with Crippen molar-refractivity contribution in [1.82, 2.24) is 9.97 Å². The Balaban J connectivity index is 1.82. The Bertz CT molecular complexity index is 934. The van der Waals surface area contributed by atoms with Crippen LogP contribution in [-0.4, -0.2) is 36.8 Å². The lowest BCUT2D eigenvalue weighted by Crippen LogP contribution is -2.24. The highest BCUT2D eigenvalue weighted by atomic mass is 32.2. The number of rotatable bonds is 7. The molecule has 3 rings (SSSR count). The molecule has 0 bridgehead atoms. The molecule has 1 aromatic heterocycles. The third-order valence-corrected chi connectivity index (χ3v) is 6.24. The molecule has 7 nitrogen and oxygen atoms in total. The summed E-state index contributed by atoms with van der Waals surface area (Å²) in [6.07, 6.45) is 9.63. The Morgan fingerprint density at radius 1 is 1.18 bits per heavy atom. The van der Waals surface area contributed by atoms with Gasteiger partial charge in [-0.3, -0.25) is 9.59 Å². The summed E-state index contributed by atoms with van der Waals surface area (Å²) >= 11 is 0. The average Bonchev–Trinajstić information content (AvgIpc) is 3.19. The zero-order valence-corrected chi connectivity index (χ0v) is 16.5.